The van der Waals surface area contributed by atoms with Gasteiger partial charge in [0.15, 0.2) is 0 Å². The molecule has 2 aromatic carbocycles. The largest absolute Gasteiger partial charge is 0.206 e. The molecule has 0 spiro atoms. The number of rotatable bonds is 4. The van der Waals surface area contributed by atoms with Crippen LogP contribution in [0.25, 0.3) is 0 Å². The lowest BCUT2D eigenvalue weighted by molar-refractivity contribution is 0.600. The second-order valence-electron chi connectivity index (χ2n) is 3.89. The molecule has 2 rings (SSSR count). The summed E-state index contributed by atoms with van der Waals surface area (Å²) in [5, 5.41) is 0. The highest BCUT2D eigenvalue weighted by Crippen LogP contribution is 2.26. The first kappa shape index (κ1) is 12.2. The number of aryl methyl sites for hydroxylation is 1. The van der Waals surface area contributed by atoms with Crippen molar-refractivity contribution < 1.29 is 4.39 Å². The number of halogens is 1. The van der Waals surface area contributed by atoms with Gasteiger partial charge in [0.25, 0.3) is 0 Å². The molecular formula is C15H15FS. The zero-order valence-corrected chi connectivity index (χ0v) is 10.6. The van der Waals surface area contributed by atoms with Crippen molar-refractivity contribution in [2.45, 2.75) is 24.0 Å². The molecule has 0 aromatic heterocycles. The van der Waals surface area contributed by atoms with E-state index in [1.807, 2.05) is 37.3 Å². The second kappa shape index (κ2) is 5.87. The zero-order valence-electron chi connectivity index (χ0n) is 9.82. The zero-order chi connectivity index (χ0) is 12.1. The minimum Gasteiger partial charge on any atom is -0.206 e. The third-order valence-corrected chi connectivity index (χ3v) is 3.76. The van der Waals surface area contributed by atoms with E-state index < -0.39 is 0 Å². The standard InChI is InChI=1S/C15H15FS/c1-2-12-8-9-15(14(16)10-12)17-11-13-6-4-3-5-7-13/h3-10H,2,11H2,1H3. The lowest BCUT2D eigenvalue weighted by atomic mass is 10.2. The van der Waals surface area contributed by atoms with Crippen LogP contribution in [0.1, 0.15) is 18.1 Å². The molecule has 0 radical (unpaired) electrons. The molecule has 0 bridgehead atoms. The molecule has 17 heavy (non-hydrogen) atoms. The van der Waals surface area contributed by atoms with E-state index in [2.05, 4.69) is 12.1 Å². The normalized spacial score (nSPS) is 10.5. The Morgan fingerprint density at radius 2 is 1.76 bits per heavy atom. The van der Waals surface area contributed by atoms with Crippen molar-refractivity contribution in [2.24, 2.45) is 0 Å². The molecule has 0 unspecified atom stereocenters. The fourth-order valence-corrected chi connectivity index (χ4v) is 2.49. The van der Waals surface area contributed by atoms with E-state index in [9.17, 15) is 4.39 Å². The van der Waals surface area contributed by atoms with Crippen LogP contribution in [-0.4, -0.2) is 0 Å². The molecule has 2 aromatic rings. The minimum atomic E-state index is -0.106. The van der Waals surface area contributed by atoms with Gasteiger partial charge in [-0.05, 0) is 29.7 Å². The quantitative estimate of drug-likeness (QED) is 0.706. The van der Waals surface area contributed by atoms with Crippen LogP contribution < -0.4 is 0 Å². The third kappa shape index (κ3) is 3.34. The summed E-state index contributed by atoms with van der Waals surface area (Å²) < 4.78 is 13.7. The first-order chi connectivity index (χ1) is 8.29. The number of benzene rings is 2. The SMILES string of the molecule is CCc1ccc(SCc2ccccc2)c(F)c1. The first-order valence-corrected chi connectivity index (χ1v) is 6.73. The molecule has 0 saturated heterocycles. The van der Waals surface area contributed by atoms with Crippen LogP contribution in [0.15, 0.2) is 53.4 Å². The average molecular weight is 246 g/mol. The summed E-state index contributed by atoms with van der Waals surface area (Å²) in [6.45, 7) is 2.03. The van der Waals surface area contributed by atoms with Crippen molar-refractivity contribution in [1.82, 2.24) is 0 Å². The Kier molecular flexibility index (Phi) is 4.21. The van der Waals surface area contributed by atoms with Gasteiger partial charge in [0.2, 0.25) is 0 Å². The van der Waals surface area contributed by atoms with Crippen LogP contribution in [0.3, 0.4) is 0 Å². The first-order valence-electron chi connectivity index (χ1n) is 5.74. The highest BCUT2D eigenvalue weighted by atomic mass is 32.2. The lowest BCUT2D eigenvalue weighted by Crippen LogP contribution is -1.87. The molecule has 0 fully saturated rings. The number of hydrogen-bond donors (Lipinski definition) is 0. The Balaban J connectivity index is 2.04. The van der Waals surface area contributed by atoms with Crippen LogP contribution in [0.5, 0.6) is 0 Å². The molecule has 0 aliphatic heterocycles. The van der Waals surface area contributed by atoms with Gasteiger partial charge in [-0.2, -0.15) is 0 Å². The Bertz CT molecular complexity index is 480. The van der Waals surface area contributed by atoms with Gasteiger partial charge in [0.1, 0.15) is 5.82 Å². The van der Waals surface area contributed by atoms with E-state index in [-0.39, 0.29) is 5.82 Å². The molecule has 0 aliphatic rings. The molecule has 2 heteroatoms. The molecular weight excluding hydrogens is 231 g/mol. The summed E-state index contributed by atoms with van der Waals surface area (Å²) in [6, 6.07) is 15.6. The van der Waals surface area contributed by atoms with E-state index in [1.165, 1.54) is 5.56 Å². The van der Waals surface area contributed by atoms with E-state index in [4.69, 9.17) is 0 Å². The van der Waals surface area contributed by atoms with Crippen molar-refractivity contribution in [1.29, 1.82) is 0 Å². The smallest absolute Gasteiger partial charge is 0.137 e. The third-order valence-electron chi connectivity index (χ3n) is 2.64. The topological polar surface area (TPSA) is 0 Å². The predicted octanol–water partition coefficient (Wildman–Crippen LogP) is 4.68. The maximum atomic E-state index is 13.7. The van der Waals surface area contributed by atoms with Crippen LogP contribution in [0.4, 0.5) is 4.39 Å². The summed E-state index contributed by atoms with van der Waals surface area (Å²) in [5.74, 6) is 0.703. The van der Waals surface area contributed by atoms with Gasteiger partial charge < -0.3 is 0 Å². The van der Waals surface area contributed by atoms with Gasteiger partial charge in [0, 0.05) is 10.6 Å². The van der Waals surface area contributed by atoms with E-state index in [0.29, 0.717) is 0 Å². The molecule has 0 heterocycles. The van der Waals surface area contributed by atoms with Crippen molar-refractivity contribution in [3.8, 4) is 0 Å². The van der Waals surface area contributed by atoms with Gasteiger partial charge in [-0.1, -0.05) is 43.3 Å². The molecule has 88 valence electrons. The highest BCUT2D eigenvalue weighted by molar-refractivity contribution is 7.98. The second-order valence-corrected chi connectivity index (χ2v) is 4.91. The Morgan fingerprint density at radius 1 is 1.00 bits per heavy atom. The monoisotopic (exact) mass is 246 g/mol. The Hall–Kier alpha value is -1.28. The van der Waals surface area contributed by atoms with Crippen LogP contribution in [0, 0.1) is 5.82 Å². The van der Waals surface area contributed by atoms with Crippen molar-refractivity contribution in [2.75, 3.05) is 0 Å². The summed E-state index contributed by atoms with van der Waals surface area (Å²) in [6.07, 6.45) is 0.876. The molecule has 0 amide bonds. The summed E-state index contributed by atoms with van der Waals surface area (Å²) in [7, 11) is 0. The predicted molar refractivity (Wildman–Crippen MR) is 71.8 cm³/mol. The molecule has 0 atom stereocenters. The molecule has 0 N–H and O–H groups in total. The minimum absolute atomic E-state index is 0.106. The fraction of sp³-hybridized carbons (Fsp3) is 0.200. The van der Waals surface area contributed by atoms with Gasteiger partial charge in [0.05, 0.1) is 0 Å². The molecule has 0 aliphatic carbocycles. The van der Waals surface area contributed by atoms with E-state index in [1.54, 1.807) is 17.8 Å². The fourth-order valence-electron chi connectivity index (χ4n) is 1.62. The van der Waals surface area contributed by atoms with Crippen LogP contribution in [0.2, 0.25) is 0 Å². The Labute approximate surface area is 106 Å². The average Bonchev–Trinajstić information content (AvgIpc) is 2.38. The van der Waals surface area contributed by atoms with Gasteiger partial charge >= 0.3 is 0 Å². The number of thioether (sulfide) groups is 1. The lowest BCUT2D eigenvalue weighted by Gasteiger charge is -2.05. The van der Waals surface area contributed by atoms with Crippen LogP contribution in [-0.2, 0) is 12.2 Å². The summed E-state index contributed by atoms with van der Waals surface area (Å²) >= 11 is 1.54. The highest BCUT2D eigenvalue weighted by Gasteiger charge is 2.03. The molecule has 0 saturated carbocycles. The van der Waals surface area contributed by atoms with Crippen molar-refractivity contribution in [3.05, 3.63) is 65.5 Å². The van der Waals surface area contributed by atoms with Gasteiger partial charge in [-0.15, -0.1) is 11.8 Å². The number of hydrogen-bond acceptors (Lipinski definition) is 1. The van der Waals surface area contributed by atoms with E-state index in [0.717, 1.165) is 22.6 Å². The maximum absolute atomic E-state index is 13.7. The van der Waals surface area contributed by atoms with Crippen LogP contribution >= 0.6 is 11.8 Å². The van der Waals surface area contributed by atoms with Gasteiger partial charge in [-0.25, -0.2) is 4.39 Å². The van der Waals surface area contributed by atoms with Gasteiger partial charge in [-0.3, -0.25) is 0 Å². The molecule has 0 nitrogen and oxygen atoms in total. The van der Waals surface area contributed by atoms with Crippen molar-refractivity contribution >= 4 is 11.8 Å². The summed E-state index contributed by atoms with van der Waals surface area (Å²) in [5.41, 5.74) is 2.27. The Morgan fingerprint density at radius 3 is 2.41 bits per heavy atom. The van der Waals surface area contributed by atoms with Crippen molar-refractivity contribution in [3.63, 3.8) is 0 Å². The maximum Gasteiger partial charge on any atom is 0.137 e. The van der Waals surface area contributed by atoms with E-state index >= 15 is 0 Å². The summed E-state index contributed by atoms with van der Waals surface area (Å²) in [4.78, 5) is 0.728.